The second-order valence-electron chi connectivity index (χ2n) is 5.86. The first-order valence-electron chi connectivity index (χ1n) is 7.15. The van der Waals surface area contributed by atoms with Gasteiger partial charge in [-0.3, -0.25) is 4.90 Å². The Bertz CT molecular complexity index is 518. The number of rotatable bonds is 5. The maximum Gasteiger partial charge on any atom is 0.170 e. The fourth-order valence-electron chi connectivity index (χ4n) is 2.91. The lowest BCUT2D eigenvalue weighted by atomic mass is 10.1. The van der Waals surface area contributed by atoms with Crippen LogP contribution >= 0.6 is 0 Å². The second kappa shape index (κ2) is 6.87. The molecule has 1 aromatic rings. The molecule has 1 unspecified atom stereocenters. The Morgan fingerprint density at radius 2 is 2.24 bits per heavy atom. The number of hydrogen-bond acceptors (Lipinski definition) is 4. The fraction of sp³-hybridized carbons (Fsp3) is 0.533. The van der Waals surface area contributed by atoms with Crippen LogP contribution in [-0.4, -0.2) is 54.1 Å². The van der Waals surface area contributed by atoms with Crippen molar-refractivity contribution in [1.29, 1.82) is 0 Å². The topological polar surface area (TPSA) is 65.1 Å². The third-order valence-electron chi connectivity index (χ3n) is 3.82. The number of halogens is 1. The summed E-state index contributed by atoms with van der Waals surface area (Å²) in [5, 5.41) is 11.7. The maximum atomic E-state index is 13.7. The first kappa shape index (κ1) is 15.7. The molecule has 0 bridgehead atoms. The van der Waals surface area contributed by atoms with E-state index in [0.29, 0.717) is 18.2 Å². The minimum Gasteiger partial charge on any atom is -0.409 e. The Kier molecular flexibility index (Phi) is 5.14. The number of likely N-dealkylation sites (tertiary alicyclic amines) is 1. The normalized spacial score (nSPS) is 20.4. The number of oxime groups is 1. The molecule has 3 N–H and O–H groups in total. The third-order valence-corrected chi connectivity index (χ3v) is 3.82. The number of nitrogens with zero attached hydrogens (tertiary/aromatic N) is 3. The molecule has 0 aromatic heterocycles. The lowest BCUT2D eigenvalue weighted by Gasteiger charge is -2.27. The molecule has 0 aliphatic carbocycles. The Balaban J connectivity index is 2.13. The highest BCUT2D eigenvalue weighted by Gasteiger charge is 2.25. The van der Waals surface area contributed by atoms with Gasteiger partial charge in [0.15, 0.2) is 5.84 Å². The molecule has 2 rings (SSSR count). The zero-order valence-electron chi connectivity index (χ0n) is 12.6. The van der Waals surface area contributed by atoms with E-state index in [1.807, 2.05) is 0 Å². The van der Waals surface area contributed by atoms with Gasteiger partial charge in [0.2, 0.25) is 0 Å². The maximum absolute atomic E-state index is 13.7. The van der Waals surface area contributed by atoms with Crippen molar-refractivity contribution < 1.29 is 9.60 Å². The molecule has 0 saturated carbocycles. The summed E-state index contributed by atoms with van der Waals surface area (Å²) >= 11 is 0. The molecule has 1 aliphatic rings. The van der Waals surface area contributed by atoms with Gasteiger partial charge in [-0.2, -0.15) is 0 Å². The molecule has 21 heavy (non-hydrogen) atoms. The van der Waals surface area contributed by atoms with Crippen LogP contribution in [0.25, 0.3) is 0 Å². The van der Waals surface area contributed by atoms with E-state index in [-0.39, 0.29) is 11.7 Å². The van der Waals surface area contributed by atoms with Crippen LogP contribution in [-0.2, 0) is 6.54 Å². The van der Waals surface area contributed by atoms with Gasteiger partial charge in [0, 0.05) is 24.7 Å². The van der Waals surface area contributed by atoms with Crippen molar-refractivity contribution in [3.05, 3.63) is 35.1 Å². The van der Waals surface area contributed by atoms with Gasteiger partial charge in [0.1, 0.15) is 5.82 Å². The van der Waals surface area contributed by atoms with Crippen LogP contribution in [0.2, 0.25) is 0 Å². The molecule has 0 radical (unpaired) electrons. The van der Waals surface area contributed by atoms with E-state index in [0.717, 1.165) is 18.7 Å². The monoisotopic (exact) mass is 294 g/mol. The number of benzene rings is 1. The first-order chi connectivity index (χ1) is 9.99. The number of nitrogens with two attached hydrogens (primary N) is 1. The van der Waals surface area contributed by atoms with Gasteiger partial charge in [-0.05, 0) is 57.2 Å². The van der Waals surface area contributed by atoms with Crippen molar-refractivity contribution in [2.24, 2.45) is 10.9 Å². The van der Waals surface area contributed by atoms with Crippen LogP contribution < -0.4 is 5.73 Å². The summed E-state index contributed by atoms with van der Waals surface area (Å²) in [6.07, 6.45) is 2.33. The number of hydrogen-bond donors (Lipinski definition) is 2. The number of amidine groups is 1. The van der Waals surface area contributed by atoms with Crippen LogP contribution in [0.5, 0.6) is 0 Å². The quantitative estimate of drug-likeness (QED) is 0.373. The molecule has 0 amide bonds. The van der Waals surface area contributed by atoms with Crippen molar-refractivity contribution in [1.82, 2.24) is 9.80 Å². The minimum absolute atomic E-state index is 0.0676. The molecule has 1 aromatic carbocycles. The van der Waals surface area contributed by atoms with E-state index in [1.54, 1.807) is 6.07 Å². The predicted molar refractivity (Wildman–Crippen MR) is 80.9 cm³/mol. The Morgan fingerprint density at radius 1 is 1.48 bits per heavy atom. The summed E-state index contributed by atoms with van der Waals surface area (Å²) in [6, 6.07) is 5.07. The summed E-state index contributed by atoms with van der Waals surface area (Å²) in [7, 11) is 4.13. The van der Waals surface area contributed by atoms with Crippen molar-refractivity contribution in [3.8, 4) is 0 Å². The van der Waals surface area contributed by atoms with Gasteiger partial charge < -0.3 is 15.8 Å². The van der Waals surface area contributed by atoms with Gasteiger partial charge in [-0.25, -0.2) is 4.39 Å². The summed E-state index contributed by atoms with van der Waals surface area (Å²) < 4.78 is 13.7. The summed E-state index contributed by atoms with van der Waals surface area (Å²) in [6.45, 7) is 2.71. The summed E-state index contributed by atoms with van der Waals surface area (Å²) in [5.41, 5.74) is 6.81. The van der Waals surface area contributed by atoms with Gasteiger partial charge >= 0.3 is 0 Å². The largest absolute Gasteiger partial charge is 0.409 e. The molecule has 5 nitrogen and oxygen atoms in total. The minimum atomic E-state index is -0.363. The predicted octanol–water partition coefficient (Wildman–Crippen LogP) is 1.45. The molecule has 1 saturated heterocycles. The zero-order valence-corrected chi connectivity index (χ0v) is 12.6. The van der Waals surface area contributed by atoms with E-state index in [1.165, 1.54) is 25.0 Å². The van der Waals surface area contributed by atoms with E-state index in [2.05, 4.69) is 29.1 Å². The van der Waals surface area contributed by atoms with Crippen molar-refractivity contribution in [3.63, 3.8) is 0 Å². The van der Waals surface area contributed by atoms with Crippen molar-refractivity contribution in [2.75, 3.05) is 27.2 Å². The molecule has 116 valence electrons. The molecule has 6 heteroatoms. The van der Waals surface area contributed by atoms with E-state index < -0.39 is 0 Å². The third kappa shape index (κ3) is 4.15. The number of likely N-dealkylation sites (N-methyl/N-ethyl adjacent to an activating group) is 1. The molecular weight excluding hydrogens is 271 g/mol. The molecule has 1 aliphatic heterocycles. The average Bonchev–Trinajstić information content (AvgIpc) is 2.83. The molecule has 1 atom stereocenters. The van der Waals surface area contributed by atoms with Gasteiger partial charge in [-0.15, -0.1) is 0 Å². The summed E-state index contributed by atoms with van der Waals surface area (Å²) in [4.78, 5) is 4.54. The smallest absolute Gasteiger partial charge is 0.170 e. The highest BCUT2D eigenvalue weighted by atomic mass is 19.1. The fourth-order valence-corrected chi connectivity index (χ4v) is 2.91. The van der Waals surface area contributed by atoms with Gasteiger partial charge in [-0.1, -0.05) is 5.16 Å². The molecule has 0 spiro atoms. The lowest BCUT2D eigenvalue weighted by molar-refractivity contribution is 0.201. The second-order valence-corrected chi connectivity index (χ2v) is 5.86. The van der Waals surface area contributed by atoms with Crippen LogP contribution in [0.1, 0.15) is 24.0 Å². The SMILES string of the molecule is CN(C)CC1CCCN1Cc1cc(F)cc(/C(N)=N/O)c1. The highest BCUT2D eigenvalue weighted by Crippen LogP contribution is 2.21. The van der Waals surface area contributed by atoms with Crippen molar-refractivity contribution >= 4 is 5.84 Å². The van der Waals surface area contributed by atoms with Crippen LogP contribution in [0, 0.1) is 5.82 Å². The average molecular weight is 294 g/mol. The highest BCUT2D eigenvalue weighted by molar-refractivity contribution is 5.97. The molecule has 1 heterocycles. The van der Waals surface area contributed by atoms with E-state index in [9.17, 15) is 4.39 Å². The Labute approximate surface area is 124 Å². The van der Waals surface area contributed by atoms with E-state index in [4.69, 9.17) is 10.9 Å². The van der Waals surface area contributed by atoms with Gasteiger partial charge in [0.05, 0.1) is 0 Å². The van der Waals surface area contributed by atoms with Crippen molar-refractivity contribution in [2.45, 2.75) is 25.4 Å². The standard InChI is InChI=1S/C15H23FN4O/c1-19(2)10-14-4-3-5-20(14)9-11-6-12(15(17)18-21)8-13(16)7-11/h6-8,14,21H,3-5,9-10H2,1-2H3,(H2,17,18). The van der Waals surface area contributed by atoms with Crippen LogP contribution in [0.4, 0.5) is 4.39 Å². The van der Waals surface area contributed by atoms with E-state index >= 15 is 0 Å². The summed E-state index contributed by atoms with van der Waals surface area (Å²) in [5.74, 6) is -0.431. The Hall–Kier alpha value is -1.66. The first-order valence-corrected chi connectivity index (χ1v) is 7.15. The molecule has 1 fully saturated rings. The molecular formula is C15H23FN4O. The van der Waals surface area contributed by atoms with Crippen LogP contribution in [0.3, 0.4) is 0 Å². The van der Waals surface area contributed by atoms with Crippen LogP contribution in [0.15, 0.2) is 23.4 Å². The Morgan fingerprint density at radius 3 is 2.90 bits per heavy atom. The van der Waals surface area contributed by atoms with Gasteiger partial charge in [0.25, 0.3) is 0 Å². The lowest BCUT2D eigenvalue weighted by Crippen LogP contribution is -2.37. The zero-order chi connectivity index (χ0) is 15.4.